The van der Waals surface area contributed by atoms with E-state index in [1.165, 1.54) is 12.3 Å². The number of halogens is 5. The molecule has 1 aromatic carbocycles. The van der Waals surface area contributed by atoms with Gasteiger partial charge in [-0.3, -0.25) is 0 Å². The summed E-state index contributed by atoms with van der Waals surface area (Å²) in [7, 11) is 0. The molecule has 0 saturated heterocycles. The van der Waals surface area contributed by atoms with Crippen molar-refractivity contribution in [2.45, 2.75) is 13.1 Å². The topological polar surface area (TPSA) is 102 Å². The largest absolute Gasteiger partial charge is 0.450 e. The maximum atomic E-state index is 14.6. The molecule has 0 radical (unpaired) electrons. The molecular weight excluding hydrogens is 423 g/mol. The summed E-state index contributed by atoms with van der Waals surface area (Å²) in [6.45, 7) is 1.77. The molecule has 4 N–H and O–H groups in total. The van der Waals surface area contributed by atoms with E-state index in [1.54, 1.807) is 13.1 Å². The minimum atomic E-state index is -4.77. The lowest BCUT2D eigenvalue weighted by Crippen LogP contribution is -2.12. The van der Waals surface area contributed by atoms with Crippen molar-refractivity contribution in [3.63, 3.8) is 0 Å². The summed E-state index contributed by atoms with van der Waals surface area (Å²) in [4.78, 5) is 13.7. The van der Waals surface area contributed by atoms with Crippen molar-refractivity contribution in [2.24, 2.45) is 0 Å². The Morgan fingerprint density at radius 3 is 2.48 bits per heavy atom. The zero-order valence-corrected chi connectivity index (χ0v) is 15.7. The molecule has 0 atom stereocenters. The van der Waals surface area contributed by atoms with Crippen molar-refractivity contribution in [3.05, 3.63) is 59.6 Å². The molecule has 4 rings (SSSR count). The molecule has 3 heterocycles. The van der Waals surface area contributed by atoms with E-state index in [9.17, 15) is 22.0 Å². The lowest BCUT2D eigenvalue weighted by atomic mass is 10.2. The quantitative estimate of drug-likeness (QED) is 0.386. The number of benzene rings is 1. The van der Waals surface area contributed by atoms with Crippen molar-refractivity contribution in [1.29, 1.82) is 0 Å². The third-order valence-corrected chi connectivity index (χ3v) is 4.25. The first-order valence-electron chi connectivity index (χ1n) is 8.70. The molecule has 4 aromatic rings. The van der Waals surface area contributed by atoms with Gasteiger partial charge in [0.25, 0.3) is 0 Å². The highest BCUT2D eigenvalue weighted by molar-refractivity contribution is 5.86. The van der Waals surface area contributed by atoms with Gasteiger partial charge in [-0.15, -0.1) is 0 Å². The van der Waals surface area contributed by atoms with Crippen LogP contribution in [0.1, 0.15) is 11.3 Å². The second kappa shape index (κ2) is 7.38. The van der Waals surface area contributed by atoms with Crippen LogP contribution in [-0.4, -0.2) is 19.9 Å². The highest BCUT2D eigenvalue weighted by Gasteiger charge is 2.33. The Morgan fingerprint density at radius 2 is 1.81 bits per heavy atom. The number of aromatic amines is 1. The minimum absolute atomic E-state index is 0.181. The second-order valence-electron chi connectivity index (χ2n) is 6.49. The standard InChI is InChI=1S/C19H13F5N6O/c1-8-7-27-17-15(8)12(2-3-26-17)31-16-10(20)4-9(5-11(16)21)28-14-6-13(19(22,23)24)29-18(25)30-14/h2-7H,1H3,(H,26,27)(H3,25,28,29,30). The number of nitrogens with two attached hydrogens (primary N) is 1. The number of fused-ring (bicyclic) bond motifs is 1. The number of anilines is 3. The number of H-pyrrole nitrogens is 1. The average molecular weight is 436 g/mol. The van der Waals surface area contributed by atoms with Crippen LogP contribution in [0.4, 0.5) is 39.4 Å². The van der Waals surface area contributed by atoms with Crippen LogP contribution < -0.4 is 15.8 Å². The van der Waals surface area contributed by atoms with Gasteiger partial charge in [-0.1, -0.05) is 0 Å². The Kier molecular flexibility index (Phi) is 4.84. The van der Waals surface area contributed by atoms with Gasteiger partial charge in [0.15, 0.2) is 23.1 Å². The Balaban J connectivity index is 1.65. The molecule has 12 heteroatoms. The van der Waals surface area contributed by atoms with Crippen LogP contribution in [0.5, 0.6) is 11.5 Å². The normalized spacial score (nSPS) is 11.7. The smallest absolute Gasteiger partial charge is 0.433 e. The molecule has 3 aromatic heterocycles. The number of alkyl halides is 3. The fourth-order valence-corrected chi connectivity index (χ4v) is 2.93. The summed E-state index contributed by atoms with van der Waals surface area (Å²) < 4.78 is 73.3. The zero-order chi connectivity index (χ0) is 22.3. The number of aromatic nitrogens is 4. The van der Waals surface area contributed by atoms with Gasteiger partial charge < -0.3 is 20.8 Å². The number of rotatable bonds is 4. The second-order valence-corrected chi connectivity index (χ2v) is 6.49. The Bertz CT molecular complexity index is 1260. The highest BCUT2D eigenvalue weighted by Crippen LogP contribution is 2.36. The van der Waals surface area contributed by atoms with Gasteiger partial charge in [0, 0.05) is 36.3 Å². The lowest BCUT2D eigenvalue weighted by Gasteiger charge is -2.13. The predicted octanol–water partition coefficient (Wildman–Crippen LogP) is 5.08. The van der Waals surface area contributed by atoms with E-state index < -0.39 is 35.2 Å². The van der Waals surface area contributed by atoms with Crippen molar-refractivity contribution < 1.29 is 26.7 Å². The SMILES string of the molecule is Cc1c[nH]c2nccc(Oc3c(F)cc(Nc4cc(C(F)(F)F)nc(N)n4)cc3F)c12. The van der Waals surface area contributed by atoms with E-state index >= 15 is 0 Å². The summed E-state index contributed by atoms with van der Waals surface area (Å²) in [6, 6.07) is 3.73. The van der Waals surface area contributed by atoms with Gasteiger partial charge in [-0.25, -0.2) is 18.7 Å². The number of ether oxygens (including phenoxy) is 1. The average Bonchev–Trinajstić information content (AvgIpc) is 3.05. The molecule has 0 aliphatic heterocycles. The molecule has 0 spiro atoms. The van der Waals surface area contributed by atoms with Gasteiger partial charge in [-0.2, -0.15) is 18.2 Å². The summed E-state index contributed by atoms with van der Waals surface area (Å²) in [5.41, 5.74) is 5.03. The van der Waals surface area contributed by atoms with E-state index in [4.69, 9.17) is 10.5 Å². The molecule has 0 unspecified atom stereocenters. The predicted molar refractivity (Wildman–Crippen MR) is 102 cm³/mol. The highest BCUT2D eigenvalue weighted by atomic mass is 19.4. The number of nitrogens with one attached hydrogen (secondary N) is 2. The number of hydrogen-bond donors (Lipinski definition) is 3. The van der Waals surface area contributed by atoms with Crippen LogP contribution in [0, 0.1) is 18.6 Å². The first kappa shape index (κ1) is 20.3. The molecule has 7 nitrogen and oxygen atoms in total. The summed E-state index contributed by atoms with van der Waals surface area (Å²) in [5.74, 6) is -3.71. The summed E-state index contributed by atoms with van der Waals surface area (Å²) in [6.07, 6.45) is -1.68. The van der Waals surface area contributed by atoms with Gasteiger partial charge in [0.1, 0.15) is 17.2 Å². The van der Waals surface area contributed by atoms with Gasteiger partial charge >= 0.3 is 6.18 Å². The van der Waals surface area contributed by atoms with Crippen molar-refractivity contribution in [2.75, 3.05) is 11.1 Å². The van der Waals surface area contributed by atoms with Gasteiger partial charge in [0.05, 0.1) is 5.39 Å². The van der Waals surface area contributed by atoms with Crippen molar-refractivity contribution >= 4 is 28.5 Å². The number of pyridine rings is 1. The van der Waals surface area contributed by atoms with Crippen molar-refractivity contribution in [3.8, 4) is 11.5 Å². The molecule has 0 aliphatic rings. The molecule has 0 saturated carbocycles. The summed E-state index contributed by atoms with van der Waals surface area (Å²) >= 11 is 0. The first-order valence-corrected chi connectivity index (χ1v) is 8.70. The molecular formula is C19H13F5N6O. The van der Waals surface area contributed by atoms with E-state index in [1.807, 2.05) is 0 Å². The van der Waals surface area contributed by atoms with E-state index in [2.05, 4.69) is 25.3 Å². The fraction of sp³-hybridized carbons (Fsp3) is 0.105. The van der Waals surface area contributed by atoms with Crippen molar-refractivity contribution in [1.82, 2.24) is 19.9 Å². The third-order valence-electron chi connectivity index (χ3n) is 4.25. The van der Waals surface area contributed by atoms with E-state index in [0.29, 0.717) is 17.1 Å². The number of hydrogen-bond acceptors (Lipinski definition) is 6. The van der Waals surface area contributed by atoms with Crippen LogP contribution in [0.2, 0.25) is 0 Å². The Morgan fingerprint density at radius 1 is 1.10 bits per heavy atom. The molecule has 0 aliphatic carbocycles. The lowest BCUT2D eigenvalue weighted by molar-refractivity contribution is -0.141. The van der Waals surface area contributed by atoms with Gasteiger partial charge in [-0.05, 0) is 18.6 Å². The van der Waals surface area contributed by atoms with Crippen LogP contribution in [0.3, 0.4) is 0 Å². The first-order chi connectivity index (χ1) is 14.6. The third kappa shape index (κ3) is 4.04. The van der Waals surface area contributed by atoms with Crippen LogP contribution in [0.25, 0.3) is 11.0 Å². The van der Waals surface area contributed by atoms with E-state index in [0.717, 1.165) is 17.7 Å². The van der Waals surface area contributed by atoms with Crippen LogP contribution in [0.15, 0.2) is 36.7 Å². The Labute approximate surface area is 171 Å². The number of nitrogens with zero attached hydrogens (tertiary/aromatic N) is 3. The van der Waals surface area contributed by atoms with Crippen LogP contribution in [-0.2, 0) is 6.18 Å². The molecule has 31 heavy (non-hydrogen) atoms. The Hall–Kier alpha value is -3.96. The fourth-order valence-electron chi connectivity index (χ4n) is 2.93. The molecule has 0 fully saturated rings. The molecule has 0 amide bonds. The van der Waals surface area contributed by atoms with Gasteiger partial charge in [0.2, 0.25) is 5.95 Å². The summed E-state index contributed by atoms with van der Waals surface area (Å²) in [5, 5.41) is 2.94. The minimum Gasteiger partial charge on any atom is -0.450 e. The number of aryl methyl sites for hydroxylation is 1. The monoisotopic (exact) mass is 436 g/mol. The van der Waals surface area contributed by atoms with Crippen LogP contribution >= 0.6 is 0 Å². The molecule has 160 valence electrons. The zero-order valence-electron chi connectivity index (χ0n) is 15.7. The maximum Gasteiger partial charge on any atom is 0.433 e. The maximum absolute atomic E-state index is 14.6. The number of nitrogen functional groups attached to an aromatic ring is 1. The molecule has 0 bridgehead atoms. The van der Waals surface area contributed by atoms with E-state index in [-0.39, 0.29) is 17.3 Å².